The highest BCUT2D eigenvalue weighted by Gasteiger charge is 2.35. The van der Waals surface area contributed by atoms with Crippen LogP contribution >= 0.6 is 0 Å². The zero-order valence-corrected chi connectivity index (χ0v) is 18.7. The van der Waals surface area contributed by atoms with Crippen LogP contribution in [0.15, 0.2) is 72.9 Å². The van der Waals surface area contributed by atoms with E-state index >= 15 is 0 Å². The molecule has 6 nitrogen and oxygen atoms in total. The molecule has 0 unspecified atom stereocenters. The van der Waals surface area contributed by atoms with Gasteiger partial charge in [-0.25, -0.2) is 9.78 Å². The lowest BCUT2D eigenvalue weighted by Crippen LogP contribution is -2.57. The van der Waals surface area contributed by atoms with Crippen molar-refractivity contribution in [2.45, 2.75) is 39.1 Å². The summed E-state index contributed by atoms with van der Waals surface area (Å²) in [7, 11) is 0. The maximum Gasteiger partial charge on any atom is 0.410 e. The van der Waals surface area contributed by atoms with Gasteiger partial charge in [-0.3, -0.25) is 0 Å². The minimum atomic E-state index is -0.491. The van der Waals surface area contributed by atoms with Crippen molar-refractivity contribution in [3.05, 3.63) is 78.5 Å². The van der Waals surface area contributed by atoms with Gasteiger partial charge in [0, 0.05) is 11.8 Å². The molecule has 4 rings (SSSR count). The van der Waals surface area contributed by atoms with Crippen molar-refractivity contribution in [1.29, 1.82) is 0 Å². The third kappa shape index (κ3) is 5.58. The first-order chi connectivity index (χ1) is 15.4. The Morgan fingerprint density at radius 2 is 1.72 bits per heavy atom. The Morgan fingerprint density at radius 1 is 1.00 bits per heavy atom. The molecule has 0 atom stereocenters. The Kier molecular flexibility index (Phi) is 6.30. The number of nitrogens with zero attached hydrogens (tertiary/aromatic N) is 2. The van der Waals surface area contributed by atoms with Gasteiger partial charge in [0.25, 0.3) is 0 Å². The first-order valence-corrected chi connectivity index (χ1v) is 10.7. The Hall–Kier alpha value is -3.54. The van der Waals surface area contributed by atoms with Gasteiger partial charge < -0.3 is 19.1 Å². The molecule has 1 aliphatic heterocycles. The second kappa shape index (κ2) is 9.30. The molecule has 0 spiro atoms. The van der Waals surface area contributed by atoms with Crippen LogP contribution in [0.2, 0.25) is 0 Å². The maximum absolute atomic E-state index is 12.0. The Morgan fingerprint density at radius 3 is 2.41 bits per heavy atom. The van der Waals surface area contributed by atoms with E-state index in [1.165, 1.54) is 0 Å². The number of ether oxygens (including phenoxy) is 3. The van der Waals surface area contributed by atoms with E-state index in [2.05, 4.69) is 4.98 Å². The molecule has 3 aromatic rings. The van der Waals surface area contributed by atoms with E-state index in [1.54, 1.807) is 11.1 Å². The van der Waals surface area contributed by atoms with Crippen molar-refractivity contribution >= 4 is 6.09 Å². The summed E-state index contributed by atoms with van der Waals surface area (Å²) in [5.74, 6) is 1.36. The first kappa shape index (κ1) is 21.7. The number of hydrogen-bond donors (Lipinski definition) is 0. The minimum Gasteiger partial charge on any atom is -0.487 e. The van der Waals surface area contributed by atoms with Gasteiger partial charge in [-0.05, 0) is 56.2 Å². The fourth-order valence-corrected chi connectivity index (χ4v) is 3.35. The van der Waals surface area contributed by atoms with Crippen molar-refractivity contribution in [2.24, 2.45) is 0 Å². The molecule has 0 N–H and O–H groups in total. The van der Waals surface area contributed by atoms with Crippen LogP contribution in [0.1, 0.15) is 26.3 Å². The van der Waals surface area contributed by atoms with E-state index in [0.29, 0.717) is 25.6 Å². The summed E-state index contributed by atoms with van der Waals surface area (Å²) >= 11 is 0. The van der Waals surface area contributed by atoms with E-state index in [9.17, 15) is 4.79 Å². The Balaban J connectivity index is 1.34. The molecule has 0 aliphatic carbocycles. The number of hydrogen-bond acceptors (Lipinski definition) is 5. The quantitative estimate of drug-likeness (QED) is 0.527. The smallest absolute Gasteiger partial charge is 0.410 e. The molecule has 2 aromatic carbocycles. The fraction of sp³-hybridized carbons (Fsp3) is 0.308. The molecule has 166 valence electrons. The number of likely N-dealkylation sites (tertiary alicyclic amines) is 1. The lowest BCUT2D eigenvalue weighted by Gasteiger charge is -2.39. The molecule has 1 aliphatic rings. The van der Waals surface area contributed by atoms with Gasteiger partial charge in [0.1, 0.15) is 24.1 Å². The van der Waals surface area contributed by atoms with Crippen LogP contribution in [-0.2, 0) is 11.3 Å². The summed E-state index contributed by atoms with van der Waals surface area (Å²) in [6, 6.07) is 21.8. The van der Waals surface area contributed by atoms with Crippen molar-refractivity contribution in [2.75, 3.05) is 13.1 Å². The van der Waals surface area contributed by atoms with Gasteiger partial charge in [-0.15, -0.1) is 0 Å². The molecule has 1 saturated heterocycles. The van der Waals surface area contributed by atoms with E-state index in [0.717, 1.165) is 22.4 Å². The monoisotopic (exact) mass is 432 g/mol. The topological polar surface area (TPSA) is 60.9 Å². The van der Waals surface area contributed by atoms with Crippen molar-refractivity contribution in [3.63, 3.8) is 0 Å². The number of pyridine rings is 1. The standard InChI is InChI=1S/C26H28N2O4/c1-26(2,3)32-25(29)28-16-22(17-28)31-21-13-11-20(12-14-21)23-10-7-15-27-24(23)30-18-19-8-5-4-6-9-19/h4-15,22H,16-18H2,1-3H3. The molecule has 1 amide bonds. The number of carbonyl (C=O) groups is 1. The van der Waals surface area contributed by atoms with Gasteiger partial charge in [0.05, 0.1) is 13.1 Å². The van der Waals surface area contributed by atoms with Crippen LogP contribution in [0.3, 0.4) is 0 Å². The number of rotatable bonds is 6. The largest absolute Gasteiger partial charge is 0.487 e. The van der Waals surface area contributed by atoms with Crippen LogP contribution in [0, 0.1) is 0 Å². The van der Waals surface area contributed by atoms with Crippen LogP contribution in [0.4, 0.5) is 4.79 Å². The van der Waals surface area contributed by atoms with Crippen LogP contribution in [0.25, 0.3) is 11.1 Å². The summed E-state index contributed by atoms with van der Waals surface area (Å²) in [5, 5.41) is 0. The molecular formula is C26H28N2O4. The summed E-state index contributed by atoms with van der Waals surface area (Å²) < 4.78 is 17.3. The molecule has 2 heterocycles. The van der Waals surface area contributed by atoms with E-state index in [1.807, 2.05) is 87.5 Å². The predicted molar refractivity (Wildman–Crippen MR) is 123 cm³/mol. The summed E-state index contributed by atoms with van der Waals surface area (Å²) in [6.45, 7) is 7.09. The molecule has 0 saturated carbocycles. The normalized spacial score (nSPS) is 13.9. The molecule has 1 aromatic heterocycles. The summed E-state index contributed by atoms with van der Waals surface area (Å²) in [4.78, 5) is 18.1. The SMILES string of the molecule is CC(C)(C)OC(=O)N1CC(Oc2ccc(-c3cccnc3OCc3ccccc3)cc2)C1. The van der Waals surface area contributed by atoms with Crippen molar-refractivity contribution in [1.82, 2.24) is 9.88 Å². The third-order valence-electron chi connectivity index (χ3n) is 4.96. The second-order valence-electron chi connectivity index (χ2n) is 8.78. The van der Waals surface area contributed by atoms with Crippen LogP contribution in [0.5, 0.6) is 11.6 Å². The van der Waals surface area contributed by atoms with Gasteiger partial charge >= 0.3 is 6.09 Å². The number of aromatic nitrogens is 1. The summed E-state index contributed by atoms with van der Waals surface area (Å²) in [6.07, 6.45) is 1.40. The lowest BCUT2D eigenvalue weighted by atomic mass is 10.1. The minimum absolute atomic E-state index is 0.0310. The first-order valence-electron chi connectivity index (χ1n) is 10.7. The van der Waals surface area contributed by atoms with Crippen molar-refractivity contribution in [3.8, 4) is 22.8 Å². The van der Waals surface area contributed by atoms with Gasteiger partial charge in [-0.2, -0.15) is 0 Å². The molecule has 1 fully saturated rings. The maximum atomic E-state index is 12.0. The highest BCUT2D eigenvalue weighted by molar-refractivity contribution is 5.70. The van der Waals surface area contributed by atoms with Gasteiger partial charge in [-0.1, -0.05) is 42.5 Å². The number of carbonyl (C=O) groups excluding carboxylic acids is 1. The highest BCUT2D eigenvalue weighted by atomic mass is 16.6. The highest BCUT2D eigenvalue weighted by Crippen LogP contribution is 2.30. The van der Waals surface area contributed by atoms with E-state index in [-0.39, 0.29) is 12.2 Å². The Bertz CT molecular complexity index is 1040. The number of amides is 1. The third-order valence-corrected chi connectivity index (χ3v) is 4.96. The molecule has 6 heteroatoms. The fourth-order valence-electron chi connectivity index (χ4n) is 3.35. The lowest BCUT2D eigenvalue weighted by molar-refractivity contribution is -0.0221. The number of benzene rings is 2. The van der Waals surface area contributed by atoms with Crippen LogP contribution in [-0.4, -0.2) is 40.8 Å². The van der Waals surface area contributed by atoms with Gasteiger partial charge in [0.15, 0.2) is 0 Å². The van der Waals surface area contributed by atoms with E-state index < -0.39 is 5.60 Å². The summed E-state index contributed by atoms with van der Waals surface area (Å²) in [5.41, 5.74) is 2.52. The van der Waals surface area contributed by atoms with Crippen LogP contribution < -0.4 is 9.47 Å². The van der Waals surface area contributed by atoms with Crippen molar-refractivity contribution < 1.29 is 19.0 Å². The zero-order chi connectivity index (χ0) is 22.6. The molecule has 32 heavy (non-hydrogen) atoms. The van der Waals surface area contributed by atoms with Gasteiger partial charge in [0.2, 0.25) is 5.88 Å². The average Bonchev–Trinajstić information content (AvgIpc) is 2.74. The second-order valence-corrected chi connectivity index (χ2v) is 8.78. The zero-order valence-electron chi connectivity index (χ0n) is 18.7. The molecular weight excluding hydrogens is 404 g/mol. The molecule has 0 radical (unpaired) electrons. The predicted octanol–water partition coefficient (Wildman–Crippen LogP) is 5.33. The molecule has 0 bridgehead atoms. The Labute approximate surface area is 188 Å². The van der Waals surface area contributed by atoms with E-state index in [4.69, 9.17) is 14.2 Å². The average molecular weight is 433 g/mol.